The molecule has 1 aliphatic heterocycles. The first kappa shape index (κ1) is 23.7. The SMILES string of the molecule is CCN(CC(=O)Nc1ccc(N2CCOCC2)cc1)S(=O)(=O)c1ccccc1C(=O)OC. The maximum absolute atomic E-state index is 13.1. The molecule has 1 N–H and O–H groups in total. The molecule has 0 aromatic heterocycles. The van der Waals surface area contributed by atoms with E-state index in [0.29, 0.717) is 18.9 Å². The first-order chi connectivity index (χ1) is 15.4. The van der Waals surface area contributed by atoms with Gasteiger partial charge in [0, 0.05) is 31.0 Å². The van der Waals surface area contributed by atoms with Crippen LogP contribution in [0.4, 0.5) is 11.4 Å². The number of hydrogen-bond donors (Lipinski definition) is 1. The van der Waals surface area contributed by atoms with Crippen LogP contribution in [0.3, 0.4) is 0 Å². The lowest BCUT2D eigenvalue weighted by Crippen LogP contribution is -2.38. The molecule has 2 aromatic carbocycles. The second-order valence-electron chi connectivity index (χ2n) is 7.11. The lowest BCUT2D eigenvalue weighted by molar-refractivity contribution is -0.116. The molecule has 3 rings (SSSR count). The highest BCUT2D eigenvalue weighted by molar-refractivity contribution is 7.89. The molecule has 0 bridgehead atoms. The maximum Gasteiger partial charge on any atom is 0.339 e. The van der Waals surface area contributed by atoms with Gasteiger partial charge in [-0.25, -0.2) is 13.2 Å². The summed E-state index contributed by atoms with van der Waals surface area (Å²) in [5.74, 6) is -1.24. The third-order valence-electron chi connectivity index (χ3n) is 5.11. The molecule has 0 radical (unpaired) electrons. The predicted molar refractivity (Wildman–Crippen MR) is 120 cm³/mol. The van der Waals surface area contributed by atoms with E-state index in [2.05, 4.69) is 15.0 Å². The third kappa shape index (κ3) is 5.45. The van der Waals surface area contributed by atoms with Gasteiger partial charge in [0.1, 0.15) is 0 Å². The van der Waals surface area contributed by atoms with E-state index in [4.69, 9.17) is 4.74 Å². The minimum Gasteiger partial charge on any atom is -0.465 e. The summed E-state index contributed by atoms with van der Waals surface area (Å²) < 4.78 is 37.3. The molecule has 0 unspecified atom stereocenters. The molecule has 9 nitrogen and oxygen atoms in total. The summed E-state index contributed by atoms with van der Waals surface area (Å²) in [6.07, 6.45) is 0. The number of anilines is 2. The van der Waals surface area contributed by atoms with E-state index >= 15 is 0 Å². The Morgan fingerprint density at radius 1 is 1.09 bits per heavy atom. The van der Waals surface area contributed by atoms with Gasteiger partial charge in [0.2, 0.25) is 15.9 Å². The molecular formula is C22H27N3O6S. The van der Waals surface area contributed by atoms with Crippen molar-refractivity contribution in [3.63, 3.8) is 0 Å². The predicted octanol–water partition coefficient (Wildman–Crippen LogP) is 1.96. The molecule has 1 heterocycles. The van der Waals surface area contributed by atoms with Crippen molar-refractivity contribution in [1.29, 1.82) is 0 Å². The van der Waals surface area contributed by atoms with Crippen LogP contribution >= 0.6 is 0 Å². The van der Waals surface area contributed by atoms with Gasteiger partial charge >= 0.3 is 5.97 Å². The normalized spacial score (nSPS) is 14.3. The van der Waals surface area contributed by atoms with Crippen LogP contribution < -0.4 is 10.2 Å². The van der Waals surface area contributed by atoms with Crippen molar-refractivity contribution in [1.82, 2.24) is 4.31 Å². The third-order valence-corrected chi connectivity index (χ3v) is 7.09. The molecule has 0 spiro atoms. The Hall–Kier alpha value is -2.95. The second-order valence-corrected chi connectivity index (χ2v) is 9.02. The van der Waals surface area contributed by atoms with Crippen molar-refractivity contribution >= 4 is 33.3 Å². The number of nitrogens with one attached hydrogen (secondary N) is 1. The molecule has 2 aromatic rings. The lowest BCUT2D eigenvalue weighted by atomic mass is 10.2. The molecule has 1 saturated heterocycles. The van der Waals surface area contributed by atoms with Gasteiger partial charge in [0.05, 0.1) is 37.3 Å². The van der Waals surface area contributed by atoms with Crippen molar-refractivity contribution in [2.45, 2.75) is 11.8 Å². The van der Waals surface area contributed by atoms with Gasteiger partial charge in [0.15, 0.2) is 0 Å². The number of benzene rings is 2. The number of rotatable bonds is 8. The molecule has 0 saturated carbocycles. The number of sulfonamides is 1. The average Bonchev–Trinajstić information content (AvgIpc) is 2.83. The molecular weight excluding hydrogens is 434 g/mol. The van der Waals surface area contributed by atoms with Crippen molar-refractivity contribution in [2.75, 3.05) is 56.7 Å². The zero-order chi connectivity index (χ0) is 23.1. The van der Waals surface area contributed by atoms with E-state index in [1.165, 1.54) is 25.3 Å². The van der Waals surface area contributed by atoms with Crippen molar-refractivity contribution < 1.29 is 27.5 Å². The number of carbonyl (C=O) groups excluding carboxylic acids is 2. The number of nitrogens with zero attached hydrogens (tertiary/aromatic N) is 2. The van der Waals surface area contributed by atoms with Crippen molar-refractivity contribution in [3.05, 3.63) is 54.1 Å². The standard InChI is InChI=1S/C22H27N3O6S/c1-3-25(32(28,29)20-7-5-4-6-19(20)22(27)30-2)16-21(26)23-17-8-10-18(11-9-17)24-12-14-31-15-13-24/h4-11H,3,12-16H2,1-2H3,(H,23,26). The summed E-state index contributed by atoms with van der Waals surface area (Å²) in [5.41, 5.74) is 1.52. The summed E-state index contributed by atoms with van der Waals surface area (Å²) in [4.78, 5) is 26.6. The molecule has 172 valence electrons. The Morgan fingerprint density at radius 2 is 1.75 bits per heavy atom. The number of morpholine rings is 1. The fourth-order valence-electron chi connectivity index (χ4n) is 3.41. The van der Waals surface area contributed by atoms with Crippen LogP contribution in [0.15, 0.2) is 53.4 Å². The van der Waals surface area contributed by atoms with Crippen LogP contribution in [0.1, 0.15) is 17.3 Å². The first-order valence-corrected chi connectivity index (χ1v) is 11.7. The number of hydrogen-bond acceptors (Lipinski definition) is 7. The van der Waals surface area contributed by atoms with Crippen LogP contribution in [-0.2, 0) is 24.3 Å². The monoisotopic (exact) mass is 461 g/mol. The Morgan fingerprint density at radius 3 is 2.38 bits per heavy atom. The minimum atomic E-state index is -4.09. The Bertz CT molecular complexity index is 1050. The molecule has 1 aliphatic rings. The van der Waals surface area contributed by atoms with Crippen molar-refractivity contribution in [2.24, 2.45) is 0 Å². The Balaban J connectivity index is 1.70. The highest BCUT2D eigenvalue weighted by atomic mass is 32.2. The number of ether oxygens (including phenoxy) is 2. The number of amides is 1. The molecule has 1 amide bonds. The fourth-order valence-corrected chi connectivity index (χ4v) is 5.00. The maximum atomic E-state index is 13.1. The molecule has 0 atom stereocenters. The molecule has 0 aliphatic carbocycles. The molecule has 1 fully saturated rings. The quantitative estimate of drug-likeness (QED) is 0.599. The summed E-state index contributed by atoms with van der Waals surface area (Å²) in [7, 11) is -2.91. The van der Waals surface area contributed by atoms with Crippen LogP contribution in [0.2, 0.25) is 0 Å². The van der Waals surface area contributed by atoms with E-state index in [0.717, 1.165) is 23.1 Å². The van der Waals surface area contributed by atoms with E-state index in [1.807, 2.05) is 12.1 Å². The van der Waals surface area contributed by atoms with Gasteiger partial charge in [-0.05, 0) is 36.4 Å². The van der Waals surface area contributed by atoms with Gasteiger partial charge in [-0.2, -0.15) is 4.31 Å². The highest BCUT2D eigenvalue weighted by Gasteiger charge is 2.29. The van der Waals surface area contributed by atoms with Crippen LogP contribution in [0, 0.1) is 0 Å². The number of likely N-dealkylation sites (N-methyl/N-ethyl adjacent to an activating group) is 1. The summed E-state index contributed by atoms with van der Waals surface area (Å²) in [6, 6.07) is 13.1. The highest BCUT2D eigenvalue weighted by Crippen LogP contribution is 2.22. The summed E-state index contributed by atoms with van der Waals surface area (Å²) in [6.45, 7) is 4.27. The number of esters is 1. The van der Waals surface area contributed by atoms with E-state index in [1.54, 1.807) is 25.1 Å². The first-order valence-electron chi connectivity index (χ1n) is 10.3. The summed E-state index contributed by atoms with van der Waals surface area (Å²) in [5, 5.41) is 2.73. The largest absolute Gasteiger partial charge is 0.465 e. The smallest absolute Gasteiger partial charge is 0.339 e. The molecule has 10 heteroatoms. The van der Waals surface area contributed by atoms with Gasteiger partial charge in [-0.15, -0.1) is 0 Å². The Kier molecular flexibility index (Phi) is 7.84. The topological polar surface area (TPSA) is 105 Å². The van der Waals surface area contributed by atoms with Gasteiger partial charge in [-0.1, -0.05) is 19.1 Å². The van der Waals surface area contributed by atoms with E-state index < -0.39 is 21.9 Å². The minimum absolute atomic E-state index is 0.0568. The van der Waals surface area contributed by atoms with E-state index in [-0.39, 0.29) is 23.5 Å². The number of methoxy groups -OCH3 is 1. The summed E-state index contributed by atoms with van der Waals surface area (Å²) >= 11 is 0. The van der Waals surface area contributed by atoms with Gasteiger partial charge < -0.3 is 19.7 Å². The fraction of sp³-hybridized carbons (Fsp3) is 0.364. The van der Waals surface area contributed by atoms with Crippen LogP contribution in [0.25, 0.3) is 0 Å². The lowest BCUT2D eigenvalue weighted by Gasteiger charge is -2.29. The average molecular weight is 462 g/mol. The van der Waals surface area contributed by atoms with E-state index in [9.17, 15) is 18.0 Å². The number of carbonyl (C=O) groups is 2. The van der Waals surface area contributed by atoms with Crippen LogP contribution in [-0.4, -0.2) is 71.1 Å². The van der Waals surface area contributed by atoms with Gasteiger partial charge in [0.25, 0.3) is 0 Å². The van der Waals surface area contributed by atoms with Crippen molar-refractivity contribution in [3.8, 4) is 0 Å². The zero-order valence-electron chi connectivity index (χ0n) is 18.1. The zero-order valence-corrected chi connectivity index (χ0v) is 18.9. The second kappa shape index (κ2) is 10.6. The van der Waals surface area contributed by atoms with Crippen LogP contribution in [0.5, 0.6) is 0 Å². The van der Waals surface area contributed by atoms with Gasteiger partial charge in [-0.3, -0.25) is 4.79 Å². The Labute approximate surface area is 188 Å². The molecule has 32 heavy (non-hydrogen) atoms.